The van der Waals surface area contributed by atoms with E-state index in [4.69, 9.17) is 9.47 Å². The number of carbonyl (C=O) groups is 2. The van der Waals surface area contributed by atoms with Crippen LogP contribution in [0.3, 0.4) is 0 Å². The summed E-state index contributed by atoms with van der Waals surface area (Å²) >= 11 is 0. The molecular formula is C23H21N3O4. The van der Waals surface area contributed by atoms with Crippen molar-refractivity contribution in [3.8, 4) is 0 Å². The number of rotatable bonds is 6. The van der Waals surface area contributed by atoms with E-state index in [0.29, 0.717) is 12.2 Å². The van der Waals surface area contributed by atoms with Crippen LogP contribution in [0, 0.1) is 0 Å². The van der Waals surface area contributed by atoms with Crippen LogP contribution in [0.1, 0.15) is 18.1 Å². The molecule has 4 rings (SSSR count). The standard InChI is InChI=1S/C23H21N3O4/c1-3-29-23(28)19-20(27)18(12-16-13-25-21-17(16)10-7-11-24-21)30-22(19)26(2)14-15-8-5-4-6-9-15/h4-13H,3,14H2,1-2H3,(H,24,25)/b18-12-. The number of pyridine rings is 1. The highest BCUT2D eigenvalue weighted by atomic mass is 16.5. The minimum atomic E-state index is -0.693. The first-order chi connectivity index (χ1) is 14.6. The zero-order valence-corrected chi connectivity index (χ0v) is 16.7. The Balaban J connectivity index is 1.68. The quantitative estimate of drug-likeness (QED) is 0.386. The molecule has 30 heavy (non-hydrogen) atoms. The topological polar surface area (TPSA) is 84.5 Å². The van der Waals surface area contributed by atoms with Crippen LogP contribution in [0.5, 0.6) is 0 Å². The first-order valence-corrected chi connectivity index (χ1v) is 9.61. The number of nitrogens with one attached hydrogen (secondary N) is 1. The van der Waals surface area contributed by atoms with Crippen LogP contribution in [0.2, 0.25) is 0 Å². The zero-order valence-electron chi connectivity index (χ0n) is 16.7. The molecule has 0 saturated heterocycles. The Hall–Kier alpha value is -3.87. The van der Waals surface area contributed by atoms with Gasteiger partial charge in [-0.25, -0.2) is 9.78 Å². The second-order valence-electron chi connectivity index (χ2n) is 6.83. The number of aromatic nitrogens is 2. The lowest BCUT2D eigenvalue weighted by atomic mass is 10.1. The van der Waals surface area contributed by atoms with Crippen molar-refractivity contribution in [2.45, 2.75) is 13.5 Å². The van der Waals surface area contributed by atoms with Gasteiger partial charge in [0, 0.05) is 36.9 Å². The van der Waals surface area contributed by atoms with Crippen molar-refractivity contribution < 1.29 is 19.1 Å². The van der Waals surface area contributed by atoms with Crippen LogP contribution in [-0.4, -0.2) is 40.3 Å². The Labute approximate surface area is 173 Å². The van der Waals surface area contributed by atoms with Crippen molar-refractivity contribution in [1.82, 2.24) is 14.9 Å². The molecule has 0 unspecified atom stereocenters. The van der Waals surface area contributed by atoms with Crippen LogP contribution in [0.25, 0.3) is 17.1 Å². The van der Waals surface area contributed by atoms with Crippen LogP contribution in [0.4, 0.5) is 0 Å². The molecule has 7 heteroatoms. The van der Waals surface area contributed by atoms with Crippen molar-refractivity contribution in [2.75, 3.05) is 13.7 Å². The Bertz CT molecular complexity index is 1160. The molecule has 2 aromatic heterocycles. The molecule has 7 nitrogen and oxygen atoms in total. The number of benzene rings is 1. The number of carbonyl (C=O) groups excluding carboxylic acids is 2. The molecule has 1 aliphatic rings. The number of hydrogen-bond donors (Lipinski definition) is 1. The molecule has 3 heterocycles. The van der Waals surface area contributed by atoms with E-state index in [-0.39, 0.29) is 23.8 Å². The molecule has 1 aromatic carbocycles. The zero-order chi connectivity index (χ0) is 21.1. The number of Topliss-reactive ketones (excluding diaryl/α,β-unsaturated/α-hetero) is 1. The predicted octanol–water partition coefficient (Wildman–Crippen LogP) is 3.41. The van der Waals surface area contributed by atoms with Gasteiger partial charge in [-0.1, -0.05) is 30.3 Å². The predicted molar refractivity (Wildman–Crippen MR) is 112 cm³/mol. The summed E-state index contributed by atoms with van der Waals surface area (Å²) in [6, 6.07) is 13.4. The Morgan fingerprint density at radius 3 is 2.80 bits per heavy atom. The van der Waals surface area contributed by atoms with Crippen molar-refractivity contribution in [2.24, 2.45) is 0 Å². The number of esters is 1. The van der Waals surface area contributed by atoms with E-state index in [0.717, 1.165) is 16.5 Å². The summed E-state index contributed by atoms with van der Waals surface area (Å²) in [6.45, 7) is 2.33. The summed E-state index contributed by atoms with van der Waals surface area (Å²) < 4.78 is 11.0. The largest absolute Gasteiger partial charge is 0.462 e. The van der Waals surface area contributed by atoms with Crippen LogP contribution < -0.4 is 0 Å². The SMILES string of the molecule is CCOC(=O)C1=C(N(C)Cc2ccccc2)O/C(=C\c2c[nH]c3ncccc23)C1=O. The molecule has 0 bridgehead atoms. The van der Waals surface area contributed by atoms with E-state index in [1.54, 1.807) is 37.3 Å². The molecule has 0 radical (unpaired) electrons. The van der Waals surface area contributed by atoms with Crippen molar-refractivity contribution in [1.29, 1.82) is 0 Å². The highest BCUT2D eigenvalue weighted by Gasteiger charge is 2.38. The number of nitrogens with zero attached hydrogens (tertiary/aromatic N) is 2. The summed E-state index contributed by atoms with van der Waals surface area (Å²) in [5.41, 5.74) is 2.37. The summed E-state index contributed by atoms with van der Waals surface area (Å²) in [4.78, 5) is 34.6. The molecule has 0 aliphatic carbocycles. The lowest BCUT2D eigenvalue weighted by Gasteiger charge is -2.20. The second kappa shape index (κ2) is 8.24. The number of ether oxygens (including phenoxy) is 2. The Morgan fingerprint density at radius 2 is 2.03 bits per heavy atom. The van der Waals surface area contributed by atoms with E-state index in [1.807, 2.05) is 42.5 Å². The van der Waals surface area contributed by atoms with Gasteiger partial charge in [-0.15, -0.1) is 0 Å². The maximum atomic E-state index is 13.0. The first-order valence-electron chi connectivity index (χ1n) is 9.61. The molecule has 0 saturated carbocycles. The van der Waals surface area contributed by atoms with E-state index < -0.39 is 11.8 Å². The lowest BCUT2D eigenvalue weighted by molar-refractivity contribution is -0.139. The Kier molecular flexibility index (Phi) is 5.34. The minimum absolute atomic E-state index is 0.0673. The van der Waals surface area contributed by atoms with Crippen molar-refractivity contribution >= 4 is 28.9 Å². The van der Waals surface area contributed by atoms with E-state index >= 15 is 0 Å². The van der Waals surface area contributed by atoms with E-state index in [1.165, 1.54) is 0 Å². The average Bonchev–Trinajstić information content (AvgIpc) is 3.31. The number of H-pyrrole nitrogens is 1. The molecule has 0 atom stereocenters. The maximum Gasteiger partial charge on any atom is 0.347 e. The highest BCUT2D eigenvalue weighted by molar-refractivity contribution is 6.26. The molecule has 0 fully saturated rings. The van der Waals surface area contributed by atoms with Crippen LogP contribution >= 0.6 is 0 Å². The smallest absolute Gasteiger partial charge is 0.347 e. The second-order valence-corrected chi connectivity index (χ2v) is 6.83. The third-order valence-electron chi connectivity index (χ3n) is 4.73. The molecule has 0 spiro atoms. The monoisotopic (exact) mass is 403 g/mol. The third-order valence-corrected chi connectivity index (χ3v) is 4.73. The van der Waals surface area contributed by atoms with Crippen LogP contribution in [0.15, 0.2) is 72.1 Å². The van der Waals surface area contributed by atoms with Crippen molar-refractivity contribution in [3.05, 3.63) is 83.2 Å². The molecule has 0 amide bonds. The Morgan fingerprint density at radius 1 is 1.23 bits per heavy atom. The normalized spacial score (nSPS) is 15.0. The summed E-state index contributed by atoms with van der Waals surface area (Å²) in [5, 5.41) is 0.852. The fraction of sp³-hybridized carbons (Fsp3) is 0.174. The van der Waals surface area contributed by atoms with Crippen LogP contribution in [-0.2, 0) is 25.6 Å². The van der Waals surface area contributed by atoms with Gasteiger partial charge >= 0.3 is 5.97 Å². The summed E-state index contributed by atoms with van der Waals surface area (Å²) in [7, 11) is 1.77. The fourth-order valence-electron chi connectivity index (χ4n) is 3.34. The molecule has 152 valence electrons. The lowest BCUT2D eigenvalue weighted by Crippen LogP contribution is -2.22. The third kappa shape index (κ3) is 3.69. The van der Waals surface area contributed by atoms with Gasteiger partial charge in [0.15, 0.2) is 11.3 Å². The summed E-state index contributed by atoms with van der Waals surface area (Å²) in [5.74, 6) is -0.938. The van der Waals surface area contributed by atoms with Crippen molar-refractivity contribution in [3.63, 3.8) is 0 Å². The van der Waals surface area contributed by atoms with Gasteiger partial charge < -0.3 is 19.4 Å². The molecule has 1 N–H and O–H groups in total. The number of ketones is 1. The molecular weight excluding hydrogens is 382 g/mol. The van der Waals surface area contributed by atoms with Gasteiger partial charge in [0.05, 0.1) is 6.61 Å². The fourth-order valence-corrected chi connectivity index (χ4v) is 3.34. The maximum absolute atomic E-state index is 13.0. The highest BCUT2D eigenvalue weighted by Crippen LogP contribution is 2.31. The number of allylic oxidation sites excluding steroid dienone is 1. The van der Waals surface area contributed by atoms with Gasteiger partial charge in [-0.05, 0) is 30.7 Å². The van der Waals surface area contributed by atoms with Gasteiger partial charge in [0.25, 0.3) is 0 Å². The minimum Gasteiger partial charge on any atom is -0.462 e. The summed E-state index contributed by atoms with van der Waals surface area (Å²) in [6.07, 6.45) is 5.05. The first kappa shape index (κ1) is 19.4. The van der Waals surface area contributed by atoms with Gasteiger partial charge in [-0.3, -0.25) is 4.79 Å². The van der Waals surface area contributed by atoms with Gasteiger partial charge in [0.2, 0.25) is 11.7 Å². The van der Waals surface area contributed by atoms with Gasteiger partial charge in [-0.2, -0.15) is 0 Å². The van der Waals surface area contributed by atoms with E-state index in [2.05, 4.69) is 9.97 Å². The molecule has 3 aromatic rings. The van der Waals surface area contributed by atoms with E-state index in [9.17, 15) is 9.59 Å². The number of fused-ring (bicyclic) bond motifs is 1. The number of hydrogen-bond acceptors (Lipinski definition) is 6. The average molecular weight is 403 g/mol. The molecule has 1 aliphatic heterocycles. The van der Waals surface area contributed by atoms with Gasteiger partial charge in [0.1, 0.15) is 5.65 Å². The number of aromatic amines is 1.